The molecule has 0 saturated carbocycles. The lowest BCUT2D eigenvalue weighted by Gasteiger charge is -2.38. The molecule has 0 aromatic heterocycles. The van der Waals surface area contributed by atoms with E-state index in [1.165, 1.54) is 13.8 Å². The van der Waals surface area contributed by atoms with Crippen molar-refractivity contribution in [2.45, 2.75) is 35.7 Å². The number of aliphatic hydroxyl groups excluding tert-OH is 1. The van der Waals surface area contributed by atoms with Gasteiger partial charge in [-0.15, -0.1) is 0 Å². The molecule has 1 heterocycles. The van der Waals surface area contributed by atoms with Crippen molar-refractivity contribution < 1.29 is 19.6 Å². The normalized spacial score (nSPS) is 24.0. The first-order chi connectivity index (χ1) is 11.4. The third kappa shape index (κ3) is 4.05. The number of alkyl halides is 3. The number of rotatable bonds is 3. The molecule has 25 heavy (non-hydrogen) atoms. The first-order valence-electron chi connectivity index (χ1n) is 7.02. The van der Waals surface area contributed by atoms with Crippen molar-refractivity contribution in [2.24, 2.45) is 0 Å². The van der Waals surface area contributed by atoms with Crippen molar-refractivity contribution >= 4 is 56.5 Å². The number of aliphatic hydroxyl groups is 1. The SMILES string of the molecule is CC(=O)C(=C(C)O)C1c2cc(Br)ccc2OC(C(Cl)(Cl)Cl)C1[N+](=O)[O-]. The molecule has 3 atom stereocenters. The number of carbonyl (C=O) groups is 1. The summed E-state index contributed by atoms with van der Waals surface area (Å²) in [7, 11) is 0. The van der Waals surface area contributed by atoms with Crippen LogP contribution in [-0.4, -0.2) is 31.8 Å². The Bertz CT molecular complexity index is 758. The van der Waals surface area contributed by atoms with Gasteiger partial charge in [-0.05, 0) is 32.0 Å². The van der Waals surface area contributed by atoms with Crippen molar-refractivity contribution in [3.8, 4) is 5.75 Å². The van der Waals surface area contributed by atoms with Gasteiger partial charge in [0.1, 0.15) is 5.75 Å². The zero-order valence-corrected chi connectivity index (χ0v) is 16.9. The monoisotopic (exact) mass is 471 g/mol. The van der Waals surface area contributed by atoms with Crippen LogP contribution in [0.15, 0.2) is 34.0 Å². The summed E-state index contributed by atoms with van der Waals surface area (Å²) < 4.78 is 4.09. The Morgan fingerprint density at radius 1 is 1.36 bits per heavy atom. The van der Waals surface area contributed by atoms with Crippen LogP contribution in [0.2, 0.25) is 0 Å². The van der Waals surface area contributed by atoms with Gasteiger partial charge >= 0.3 is 0 Å². The van der Waals surface area contributed by atoms with Crippen LogP contribution >= 0.6 is 50.7 Å². The van der Waals surface area contributed by atoms with Gasteiger partial charge in [-0.1, -0.05) is 50.7 Å². The fraction of sp³-hybridized carbons (Fsp3) is 0.400. The van der Waals surface area contributed by atoms with E-state index < -0.39 is 32.6 Å². The average molecular weight is 474 g/mol. The summed E-state index contributed by atoms with van der Waals surface area (Å²) in [6, 6.07) is 3.20. The Morgan fingerprint density at radius 3 is 2.40 bits per heavy atom. The summed E-state index contributed by atoms with van der Waals surface area (Å²) in [4.78, 5) is 23.2. The van der Waals surface area contributed by atoms with E-state index in [9.17, 15) is 20.0 Å². The number of ketones is 1. The maximum absolute atomic E-state index is 12.1. The van der Waals surface area contributed by atoms with Crippen molar-refractivity contribution in [3.05, 3.63) is 49.7 Å². The molecule has 1 N–H and O–H groups in total. The molecule has 0 aliphatic carbocycles. The maximum atomic E-state index is 12.1. The summed E-state index contributed by atoms with van der Waals surface area (Å²) in [6.07, 6.45) is -1.46. The van der Waals surface area contributed by atoms with E-state index >= 15 is 0 Å². The number of Topliss-reactive ketones (excluding diaryl/α,β-unsaturated/α-hetero) is 1. The quantitative estimate of drug-likeness (QED) is 0.225. The molecule has 1 aliphatic rings. The number of allylic oxidation sites excluding steroid dienone is 1. The number of halogens is 4. The van der Waals surface area contributed by atoms with Gasteiger partial charge in [0.15, 0.2) is 5.78 Å². The molecule has 0 fully saturated rings. The number of carbonyl (C=O) groups excluding carboxylic acids is 1. The Hall–Kier alpha value is -1.02. The van der Waals surface area contributed by atoms with Crippen LogP contribution < -0.4 is 4.74 Å². The molecule has 0 radical (unpaired) electrons. The van der Waals surface area contributed by atoms with Gasteiger partial charge in [0.2, 0.25) is 9.90 Å². The van der Waals surface area contributed by atoms with Crippen LogP contribution in [0.1, 0.15) is 25.3 Å². The zero-order chi connectivity index (χ0) is 19.1. The Kier molecular flexibility index (Phi) is 5.93. The third-order valence-electron chi connectivity index (χ3n) is 3.86. The van der Waals surface area contributed by atoms with Crippen molar-refractivity contribution in [1.82, 2.24) is 0 Å². The van der Waals surface area contributed by atoms with Gasteiger partial charge in [-0.2, -0.15) is 0 Å². The predicted molar refractivity (Wildman–Crippen MR) is 98.4 cm³/mol. The molecule has 0 amide bonds. The van der Waals surface area contributed by atoms with Crippen molar-refractivity contribution in [3.63, 3.8) is 0 Å². The highest BCUT2D eigenvalue weighted by Crippen LogP contribution is 2.49. The van der Waals surface area contributed by atoms with Gasteiger partial charge in [0.25, 0.3) is 6.04 Å². The second kappa shape index (κ2) is 7.31. The van der Waals surface area contributed by atoms with Gasteiger partial charge in [0, 0.05) is 20.5 Å². The lowest BCUT2D eigenvalue weighted by Crippen LogP contribution is -2.53. The molecule has 6 nitrogen and oxygen atoms in total. The van der Waals surface area contributed by atoms with E-state index in [2.05, 4.69) is 15.9 Å². The molecule has 3 unspecified atom stereocenters. The predicted octanol–water partition coefficient (Wildman–Crippen LogP) is 4.73. The molecule has 1 aliphatic heterocycles. The summed E-state index contributed by atoms with van der Waals surface area (Å²) in [6.45, 7) is 2.49. The summed E-state index contributed by atoms with van der Waals surface area (Å²) >= 11 is 21.0. The average Bonchev–Trinajstić information content (AvgIpc) is 2.44. The van der Waals surface area contributed by atoms with Crippen molar-refractivity contribution in [2.75, 3.05) is 0 Å². The molecular formula is C15H13BrCl3NO5. The largest absolute Gasteiger partial charge is 0.512 e. The lowest BCUT2D eigenvalue weighted by molar-refractivity contribution is -0.537. The topological polar surface area (TPSA) is 89.7 Å². The molecule has 2 rings (SSSR count). The van der Waals surface area contributed by atoms with Crippen LogP contribution in [0.3, 0.4) is 0 Å². The van der Waals surface area contributed by atoms with E-state index in [1.807, 2.05) is 0 Å². The molecule has 0 bridgehead atoms. The standard InChI is InChI=1S/C15H13BrCl3NO5/c1-6(21)11(7(2)22)12-9-5-8(16)3-4-10(9)25-14(15(17,18)19)13(12)20(23)24/h3-5,12-14,21H,1-2H3. The van der Waals surface area contributed by atoms with Crippen LogP contribution in [0.25, 0.3) is 0 Å². The van der Waals surface area contributed by atoms with Gasteiger partial charge < -0.3 is 9.84 Å². The van der Waals surface area contributed by atoms with E-state index in [0.29, 0.717) is 10.0 Å². The molecule has 0 spiro atoms. The first kappa shape index (κ1) is 20.3. The van der Waals surface area contributed by atoms with Crippen molar-refractivity contribution in [1.29, 1.82) is 0 Å². The number of nitro groups is 1. The summed E-state index contributed by atoms with van der Waals surface area (Å²) in [5, 5.41) is 21.8. The maximum Gasteiger partial charge on any atom is 0.264 e. The van der Waals surface area contributed by atoms with E-state index in [-0.39, 0.29) is 17.1 Å². The van der Waals surface area contributed by atoms with Gasteiger partial charge in [0.05, 0.1) is 11.7 Å². The number of nitrogens with zero attached hydrogens (tertiary/aromatic N) is 1. The number of hydrogen-bond donors (Lipinski definition) is 1. The van der Waals surface area contributed by atoms with Crippen LogP contribution in [-0.2, 0) is 4.79 Å². The van der Waals surface area contributed by atoms with E-state index in [1.54, 1.807) is 18.2 Å². The summed E-state index contributed by atoms with van der Waals surface area (Å²) in [5.41, 5.74) is 0.226. The molecule has 0 saturated heterocycles. The zero-order valence-electron chi connectivity index (χ0n) is 13.0. The first-order valence-corrected chi connectivity index (χ1v) is 8.94. The van der Waals surface area contributed by atoms with E-state index in [0.717, 1.165) is 0 Å². The molecule has 1 aromatic rings. The highest BCUT2D eigenvalue weighted by Gasteiger charge is 2.57. The second-order valence-electron chi connectivity index (χ2n) is 5.57. The molecular weight excluding hydrogens is 460 g/mol. The van der Waals surface area contributed by atoms with Crippen LogP contribution in [0.4, 0.5) is 0 Å². The fourth-order valence-corrected chi connectivity index (χ4v) is 3.85. The molecule has 10 heteroatoms. The number of fused-ring (bicyclic) bond motifs is 1. The third-order valence-corrected chi connectivity index (χ3v) is 5.00. The smallest absolute Gasteiger partial charge is 0.264 e. The molecule has 1 aromatic carbocycles. The lowest BCUT2D eigenvalue weighted by atomic mass is 9.78. The highest BCUT2D eigenvalue weighted by atomic mass is 79.9. The van der Waals surface area contributed by atoms with Gasteiger partial charge in [-0.25, -0.2) is 0 Å². The Labute approximate surface area is 167 Å². The number of ether oxygens (including phenoxy) is 1. The number of benzene rings is 1. The van der Waals surface area contributed by atoms with Crippen LogP contribution in [0.5, 0.6) is 5.75 Å². The fourth-order valence-electron chi connectivity index (χ4n) is 2.95. The van der Waals surface area contributed by atoms with Crippen LogP contribution in [0, 0.1) is 10.1 Å². The minimum Gasteiger partial charge on any atom is -0.512 e. The minimum atomic E-state index is -2.12. The number of hydrogen-bond acceptors (Lipinski definition) is 5. The van der Waals surface area contributed by atoms with Gasteiger partial charge in [-0.3, -0.25) is 14.9 Å². The van der Waals surface area contributed by atoms with E-state index in [4.69, 9.17) is 39.5 Å². The summed E-state index contributed by atoms with van der Waals surface area (Å²) in [5.74, 6) is -1.75. The minimum absolute atomic E-state index is 0.122. The highest BCUT2D eigenvalue weighted by molar-refractivity contribution is 9.10. The second-order valence-corrected chi connectivity index (χ2v) is 8.86. The Morgan fingerprint density at radius 2 is 1.96 bits per heavy atom. The Balaban J connectivity index is 2.82. The molecule has 136 valence electrons.